The smallest absolute Gasteiger partial charge is 0.0953 e. The van der Waals surface area contributed by atoms with Crippen LogP contribution in [0.5, 0.6) is 0 Å². The number of fused-ring (bicyclic) bond motifs is 1. The van der Waals surface area contributed by atoms with E-state index in [2.05, 4.69) is 28.5 Å². The van der Waals surface area contributed by atoms with Crippen LogP contribution in [-0.4, -0.2) is 12.0 Å². The van der Waals surface area contributed by atoms with Crippen molar-refractivity contribution in [3.05, 3.63) is 66.4 Å². The van der Waals surface area contributed by atoms with Gasteiger partial charge in [-0.05, 0) is 30.1 Å². The van der Waals surface area contributed by atoms with E-state index in [1.807, 2.05) is 31.6 Å². The fraction of sp³-hybridized carbons (Fsp3) is 0.133. The van der Waals surface area contributed by atoms with Crippen LogP contribution in [0.4, 0.5) is 0 Å². The molecule has 0 aliphatic heterocycles. The molecule has 3 nitrogen and oxygen atoms in total. The first-order valence-corrected chi connectivity index (χ1v) is 5.92. The van der Waals surface area contributed by atoms with E-state index < -0.39 is 0 Å². The van der Waals surface area contributed by atoms with Crippen molar-refractivity contribution >= 4 is 10.8 Å². The molecule has 3 rings (SSSR count). The predicted octanol–water partition coefficient (Wildman–Crippen LogP) is 3.14. The van der Waals surface area contributed by atoms with Crippen molar-refractivity contribution in [1.29, 1.82) is 0 Å². The molecule has 3 aromatic rings. The second-order valence-electron chi connectivity index (χ2n) is 4.22. The number of pyridine rings is 1. The van der Waals surface area contributed by atoms with Gasteiger partial charge in [0.2, 0.25) is 0 Å². The molecule has 0 aliphatic carbocycles. The minimum absolute atomic E-state index is 0.122. The lowest BCUT2D eigenvalue weighted by Crippen LogP contribution is -2.17. The number of benzene rings is 1. The van der Waals surface area contributed by atoms with Gasteiger partial charge in [-0.3, -0.25) is 4.98 Å². The highest BCUT2D eigenvalue weighted by Crippen LogP contribution is 2.28. The fourth-order valence-corrected chi connectivity index (χ4v) is 2.33. The molecule has 3 heteroatoms. The zero-order valence-electron chi connectivity index (χ0n) is 10.1. The average molecular weight is 238 g/mol. The van der Waals surface area contributed by atoms with Crippen LogP contribution >= 0.6 is 0 Å². The summed E-state index contributed by atoms with van der Waals surface area (Å²) in [7, 11) is 1.95. The third kappa shape index (κ3) is 1.79. The first kappa shape index (κ1) is 11.0. The third-order valence-corrected chi connectivity index (χ3v) is 3.19. The third-order valence-electron chi connectivity index (χ3n) is 3.19. The topological polar surface area (TPSA) is 38.1 Å². The molecule has 0 saturated heterocycles. The molecule has 1 aromatic carbocycles. The number of hydrogen-bond acceptors (Lipinski definition) is 3. The molecule has 0 saturated carbocycles. The van der Waals surface area contributed by atoms with Crippen LogP contribution in [0.15, 0.2) is 59.7 Å². The Morgan fingerprint density at radius 2 is 2.17 bits per heavy atom. The number of hydrogen-bond donors (Lipinski definition) is 1. The lowest BCUT2D eigenvalue weighted by atomic mass is 9.96. The summed E-state index contributed by atoms with van der Waals surface area (Å²) in [4.78, 5) is 4.22. The minimum atomic E-state index is 0.122. The summed E-state index contributed by atoms with van der Waals surface area (Å²) in [5, 5.41) is 5.69. The molecule has 0 spiro atoms. The highest BCUT2D eigenvalue weighted by Gasteiger charge is 2.15. The van der Waals surface area contributed by atoms with E-state index in [1.54, 1.807) is 12.5 Å². The molecule has 1 unspecified atom stereocenters. The van der Waals surface area contributed by atoms with Crippen molar-refractivity contribution in [2.45, 2.75) is 6.04 Å². The predicted molar refractivity (Wildman–Crippen MR) is 71.4 cm³/mol. The molecule has 0 radical (unpaired) electrons. The maximum Gasteiger partial charge on any atom is 0.0953 e. The van der Waals surface area contributed by atoms with Crippen LogP contribution in [0.3, 0.4) is 0 Å². The van der Waals surface area contributed by atoms with E-state index in [0.29, 0.717) is 0 Å². The summed E-state index contributed by atoms with van der Waals surface area (Å²) in [6, 6.07) is 10.4. The van der Waals surface area contributed by atoms with Gasteiger partial charge in [-0.1, -0.05) is 18.2 Å². The number of nitrogens with zero attached hydrogens (tertiary/aromatic N) is 1. The highest BCUT2D eigenvalue weighted by atomic mass is 16.3. The van der Waals surface area contributed by atoms with Gasteiger partial charge >= 0.3 is 0 Å². The molecule has 2 aromatic heterocycles. The summed E-state index contributed by atoms with van der Waals surface area (Å²) in [5.41, 5.74) is 2.33. The zero-order chi connectivity index (χ0) is 12.4. The second kappa shape index (κ2) is 4.63. The van der Waals surface area contributed by atoms with Gasteiger partial charge in [-0.2, -0.15) is 0 Å². The molecule has 0 amide bonds. The summed E-state index contributed by atoms with van der Waals surface area (Å²) in [6.07, 6.45) is 7.20. The van der Waals surface area contributed by atoms with E-state index in [4.69, 9.17) is 4.42 Å². The molecule has 0 aliphatic rings. The Bertz CT molecular complexity index is 641. The zero-order valence-corrected chi connectivity index (χ0v) is 10.1. The van der Waals surface area contributed by atoms with Crippen LogP contribution in [0.25, 0.3) is 10.8 Å². The molecule has 1 atom stereocenters. The average Bonchev–Trinajstić information content (AvgIpc) is 2.94. The van der Waals surface area contributed by atoms with E-state index in [-0.39, 0.29) is 6.04 Å². The summed E-state index contributed by atoms with van der Waals surface area (Å²) >= 11 is 0. The van der Waals surface area contributed by atoms with Gasteiger partial charge in [0.05, 0.1) is 18.6 Å². The van der Waals surface area contributed by atoms with Gasteiger partial charge in [0.15, 0.2) is 0 Å². The second-order valence-corrected chi connectivity index (χ2v) is 4.22. The van der Waals surface area contributed by atoms with Crippen LogP contribution in [0.2, 0.25) is 0 Å². The highest BCUT2D eigenvalue weighted by molar-refractivity contribution is 5.85. The van der Waals surface area contributed by atoms with Gasteiger partial charge in [0.25, 0.3) is 0 Å². The maximum absolute atomic E-state index is 5.18. The standard InChI is InChI=1S/C15H14N2O/c1-16-15(12-6-8-18-10-12)13-4-2-3-11-5-7-17-9-14(11)13/h2-10,15-16H,1H3. The Labute approximate surface area is 105 Å². The normalized spacial score (nSPS) is 12.7. The lowest BCUT2D eigenvalue weighted by molar-refractivity contribution is 0.557. The molecule has 18 heavy (non-hydrogen) atoms. The molecule has 90 valence electrons. The number of aromatic nitrogens is 1. The first-order chi connectivity index (χ1) is 8.90. The minimum Gasteiger partial charge on any atom is -0.472 e. The number of nitrogens with one attached hydrogen (secondary N) is 1. The van der Waals surface area contributed by atoms with Crippen LogP contribution in [0, 0.1) is 0 Å². The van der Waals surface area contributed by atoms with Crippen molar-refractivity contribution in [2.75, 3.05) is 7.05 Å². The molecular formula is C15H14N2O. The summed E-state index contributed by atoms with van der Waals surface area (Å²) < 4.78 is 5.18. The Kier molecular flexibility index (Phi) is 2.82. The van der Waals surface area contributed by atoms with Crippen LogP contribution in [0.1, 0.15) is 17.2 Å². The maximum atomic E-state index is 5.18. The SMILES string of the molecule is CNC(c1ccoc1)c1cccc2ccncc12. The quantitative estimate of drug-likeness (QED) is 0.761. The van der Waals surface area contributed by atoms with Gasteiger partial charge in [0.1, 0.15) is 0 Å². The Hall–Kier alpha value is -2.13. The Balaban J connectivity index is 2.18. The Morgan fingerprint density at radius 1 is 1.22 bits per heavy atom. The summed E-state index contributed by atoms with van der Waals surface area (Å²) in [5.74, 6) is 0. The van der Waals surface area contributed by atoms with Crippen molar-refractivity contribution in [3.8, 4) is 0 Å². The largest absolute Gasteiger partial charge is 0.472 e. The van der Waals surface area contributed by atoms with E-state index >= 15 is 0 Å². The first-order valence-electron chi connectivity index (χ1n) is 5.92. The number of furan rings is 1. The van der Waals surface area contributed by atoms with Gasteiger partial charge in [-0.15, -0.1) is 0 Å². The van der Waals surface area contributed by atoms with E-state index in [9.17, 15) is 0 Å². The molecule has 2 heterocycles. The fourth-order valence-electron chi connectivity index (χ4n) is 2.33. The van der Waals surface area contributed by atoms with Crippen molar-refractivity contribution < 1.29 is 4.42 Å². The number of rotatable bonds is 3. The van der Waals surface area contributed by atoms with Gasteiger partial charge in [0, 0.05) is 23.3 Å². The monoisotopic (exact) mass is 238 g/mol. The molecular weight excluding hydrogens is 224 g/mol. The molecule has 1 N–H and O–H groups in total. The van der Waals surface area contributed by atoms with Crippen molar-refractivity contribution in [1.82, 2.24) is 10.3 Å². The van der Waals surface area contributed by atoms with Gasteiger partial charge in [-0.25, -0.2) is 0 Å². The molecule has 0 bridgehead atoms. The Morgan fingerprint density at radius 3 is 2.94 bits per heavy atom. The van der Waals surface area contributed by atoms with E-state index in [0.717, 1.165) is 5.56 Å². The summed E-state index contributed by atoms with van der Waals surface area (Å²) in [6.45, 7) is 0. The van der Waals surface area contributed by atoms with Crippen molar-refractivity contribution in [2.24, 2.45) is 0 Å². The van der Waals surface area contributed by atoms with Crippen LogP contribution in [-0.2, 0) is 0 Å². The van der Waals surface area contributed by atoms with Crippen LogP contribution < -0.4 is 5.32 Å². The lowest BCUT2D eigenvalue weighted by Gasteiger charge is -2.17. The van der Waals surface area contributed by atoms with E-state index in [1.165, 1.54) is 16.3 Å². The van der Waals surface area contributed by atoms with Crippen molar-refractivity contribution in [3.63, 3.8) is 0 Å². The van der Waals surface area contributed by atoms with Gasteiger partial charge < -0.3 is 9.73 Å². The molecule has 0 fully saturated rings.